The maximum absolute atomic E-state index is 13.2. The topological polar surface area (TPSA) is 26.0 Å². The summed E-state index contributed by atoms with van der Waals surface area (Å²) in [5.41, 5.74) is 9.08. The molecule has 0 fully saturated rings. The van der Waals surface area contributed by atoms with Gasteiger partial charge in [-0.3, -0.25) is 0 Å². The molecule has 2 N–H and O–H groups in total. The Morgan fingerprint density at radius 3 is 2.50 bits per heavy atom. The molecule has 0 saturated carbocycles. The Hall–Kier alpha value is -1.67. The molecule has 2 aromatic carbocycles. The number of halogens is 1. The summed E-state index contributed by atoms with van der Waals surface area (Å²) in [6.07, 6.45) is 1.81. The van der Waals surface area contributed by atoms with Crippen molar-refractivity contribution in [1.82, 2.24) is 0 Å². The molecule has 1 atom stereocenters. The molecule has 0 saturated heterocycles. The second kappa shape index (κ2) is 5.78. The highest BCUT2D eigenvalue weighted by Gasteiger charge is 2.08. The summed E-state index contributed by atoms with van der Waals surface area (Å²) in [5.74, 6) is -0.172. The summed E-state index contributed by atoms with van der Waals surface area (Å²) in [7, 11) is 0. The Bertz CT molecular complexity index is 508. The maximum Gasteiger partial charge on any atom is 0.126 e. The summed E-state index contributed by atoms with van der Waals surface area (Å²) in [5, 5.41) is 0. The molecule has 2 aromatic rings. The van der Waals surface area contributed by atoms with E-state index in [1.807, 2.05) is 24.3 Å². The fraction of sp³-hybridized carbons (Fsp3) is 0.250. The zero-order valence-corrected chi connectivity index (χ0v) is 10.6. The number of rotatable bonds is 4. The fourth-order valence-corrected chi connectivity index (χ4v) is 2.03. The van der Waals surface area contributed by atoms with E-state index in [1.54, 1.807) is 13.0 Å². The van der Waals surface area contributed by atoms with Crippen molar-refractivity contribution in [3.8, 4) is 0 Å². The summed E-state index contributed by atoms with van der Waals surface area (Å²) in [6, 6.07) is 15.3. The predicted octanol–water partition coefficient (Wildman–Crippen LogP) is 3.77. The van der Waals surface area contributed by atoms with E-state index in [9.17, 15) is 4.39 Å². The Morgan fingerprint density at radius 1 is 1.11 bits per heavy atom. The first-order valence-electron chi connectivity index (χ1n) is 6.22. The molecular formula is C16H18FN. The molecular weight excluding hydrogens is 225 g/mol. The second-order valence-electron chi connectivity index (χ2n) is 4.64. The van der Waals surface area contributed by atoms with Gasteiger partial charge in [0.05, 0.1) is 0 Å². The Kier molecular flexibility index (Phi) is 4.11. The lowest BCUT2D eigenvalue weighted by Gasteiger charge is -2.13. The lowest BCUT2D eigenvalue weighted by Crippen LogP contribution is -2.11. The summed E-state index contributed by atoms with van der Waals surface area (Å²) >= 11 is 0. The average molecular weight is 243 g/mol. The molecule has 0 bridgehead atoms. The Morgan fingerprint density at radius 2 is 1.83 bits per heavy atom. The molecule has 0 aromatic heterocycles. The van der Waals surface area contributed by atoms with Crippen LogP contribution in [-0.2, 0) is 6.42 Å². The minimum atomic E-state index is -0.172. The molecule has 1 unspecified atom stereocenters. The monoisotopic (exact) mass is 243 g/mol. The van der Waals surface area contributed by atoms with Gasteiger partial charge in [-0.25, -0.2) is 4.39 Å². The number of hydrogen-bond donors (Lipinski definition) is 1. The van der Waals surface area contributed by atoms with Crippen molar-refractivity contribution >= 4 is 0 Å². The van der Waals surface area contributed by atoms with E-state index >= 15 is 0 Å². The van der Waals surface area contributed by atoms with Crippen molar-refractivity contribution in [3.05, 3.63) is 71.0 Å². The van der Waals surface area contributed by atoms with E-state index in [4.69, 9.17) is 5.73 Å². The molecule has 0 spiro atoms. The highest BCUT2D eigenvalue weighted by Crippen LogP contribution is 2.19. The van der Waals surface area contributed by atoms with Gasteiger partial charge in [0.1, 0.15) is 5.82 Å². The van der Waals surface area contributed by atoms with Gasteiger partial charge in [-0.05, 0) is 42.5 Å². The van der Waals surface area contributed by atoms with Crippen LogP contribution in [0.15, 0.2) is 48.5 Å². The van der Waals surface area contributed by atoms with E-state index < -0.39 is 0 Å². The number of nitrogens with two attached hydrogens (primary N) is 1. The minimum Gasteiger partial charge on any atom is -0.324 e. The van der Waals surface area contributed by atoms with E-state index in [-0.39, 0.29) is 11.9 Å². The van der Waals surface area contributed by atoms with Crippen LogP contribution in [-0.4, -0.2) is 0 Å². The molecule has 0 aliphatic rings. The number of hydrogen-bond acceptors (Lipinski definition) is 1. The quantitative estimate of drug-likeness (QED) is 0.869. The minimum absolute atomic E-state index is 0.0375. The van der Waals surface area contributed by atoms with Crippen molar-refractivity contribution in [1.29, 1.82) is 0 Å². The molecule has 2 rings (SSSR count). The molecule has 94 valence electrons. The largest absolute Gasteiger partial charge is 0.324 e. The molecule has 0 heterocycles. The average Bonchev–Trinajstić information content (AvgIpc) is 2.40. The van der Waals surface area contributed by atoms with Gasteiger partial charge in [0.25, 0.3) is 0 Å². The van der Waals surface area contributed by atoms with E-state index in [1.165, 1.54) is 11.6 Å². The standard InChI is InChI=1S/C16H18FN/c1-12-11-14(8-9-15(12)17)16(18)10-7-13-5-3-2-4-6-13/h2-6,8-9,11,16H,7,10,18H2,1H3. The fourth-order valence-electron chi connectivity index (χ4n) is 2.03. The molecule has 1 nitrogen and oxygen atoms in total. The third kappa shape index (κ3) is 3.17. The van der Waals surface area contributed by atoms with Gasteiger partial charge in [-0.15, -0.1) is 0 Å². The van der Waals surface area contributed by atoms with Crippen LogP contribution in [0.25, 0.3) is 0 Å². The first-order valence-corrected chi connectivity index (χ1v) is 6.22. The first kappa shape index (κ1) is 12.8. The van der Waals surface area contributed by atoms with Crippen molar-refractivity contribution < 1.29 is 4.39 Å². The van der Waals surface area contributed by atoms with Crippen molar-refractivity contribution in [3.63, 3.8) is 0 Å². The van der Waals surface area contributed by atoms with Gasteiger partial charge >= 0.3 is 0 Å². The maximum atomic E-state index is 13.2. The third-order valence-electron chi connectivity index (χ3n) is 3.20. The van der Waals surface area contributed by atoms with Crippen LogP contribution in [0.3, 0.4) is 0 Å². The molecule has 0 aliphatic carbocycles. The zero-order valence-electron chi connectivity index (χ0n) is 10.6. The van der Waals surface area contributed by atoms with Crippen LogP contribution < -0.4 is 5.73 Å². The van der Waals surface area contributed by atoms with Crippen LogP contribution in [0.5, 0.6) is 0 Å². The number of benzene rings is 2. The lowest BCUT2D eigenvalue weighted by atomic mass is 9.98. The zero-order chi connectivity index (χ0) is 13.0. The van der Waals surface area contributed by atoms with Crippen LogP contribution in [0.1, 0.15) is 29.2 Å². The van der Waals surface area contributed by atoms with Crippen molar-refractivity contribution in [2.24, 2.45) is 5.73 Å². The van der Waals surface area contributed by atoms with E-state index in [2.05, 4.69) is 12.1 Å². The SMILES string of the molecule is Cc1cc(C(N)CCc2ccccc2)ccc1F. The van der Waals surface area contributed by atoms with E-state index in [0.717, 1.165) is 18.4 Å². The highest BCUT2D eigenvalue weighted by molar-refractivity contribution is 5.26. The lowest BCUT2D eigenvalue weighted by molar-refractivity contribution is 0.610. The Labute approximate surface area is 107 Å². The van der Waals surface area contributed by atoms with Crippen molar-refractivity contribution in [2.45, 2.75) is 25.8 Å². The van der Waals surface area contributed by atoms with Crippen molar-refractivity contribution in [2.75, 3.05) is 0 Å². The normalized spacial score (nSPS) is 12.4. The first-order chi connectivity index (χ1) is 8.66. The van der Waals surface area contributed by atoms with Crippen LogP contribution in [0.4, 0.5) is 4.39 Å². The Balaban J connectivity index is 1.99. The summed E-state index contributed by atoms with van der Waals surface area (Å²) < 4.78 is 13.2. The summed E-state index contributed by atoms with van der Waals surface area (Å²) in [4.78, 5) is 0. The molecule has 0 amide bonds. The smallest absolute Gasteiger partial charge is 0.126 e. The predicted molar refractivity (Wildman–Crippen MR) is 72.8 cm³/mol. The van der Waals surface area contributed by atoms with Crippen LogP contribution >= 0.6 is 0 Å². The molecule has 0 aliphatic heterocycles. The molecule has 2 heteroatoms. The van der Waals surface area contributed by atoms with Gasteiger partial charge in [0, 0.05) is 6.04 Å². The van der Waals surface area contributed by atoms with E-state index in [0.29, 0.717) is 5.56 Å². The highest BCUT2D eigenvalue weighted by atomic mass is 19.1. The van der Waals surface area contributed by atoms with Gasteiger partial charge < -0.3 is 5.73 Å². The van der Waals surface area contributed by atoms with Gasteiger partial charge in [0.15, 0.2) is 0 Å². The number of aryl methyl sites for hydroxylation is 2. The second-order valence-corrected chi connectivity index (χ2v) is 4.64. The molecule has 18 heavy (non-hydrogen) atoms. The van der Waals surface area contributed by atoms with Crippen LogP contribution in [0, 0.1) is 12.7 Å². The molecule has 0 radical (unpaired) electrons. The van der Waals surface area contributed by atoms with Crippen LogP contribution in [0.2, 0.25) is 0 Å². The van der Waals surface area contributed by atoms with Gasteiger partial charge in [0.2, 0.25) is 0 Å². The van der Waals surface area contributed by atoms with Gasteiger partial charge in [-0.1, -0.05) is 42.5 Å². The van der Waals surface area contributed by atoms with Gasteiger partial charge in [-0.2, -0.15) is 0 Å². The third-order valence-corrected chi connectivity index (χ3v) is 3.20. The summed E-state index contributed by atoms with van der Waals surface area (Å²) in [6.45, 7) is 1.77.